The van der Waals surface area contributed by atoms with Gasteiger partial charge in [-0.3, -0.25) is 9.36 Å². The van der Waals surface area contributed by atoms with Crippen molar-refractivity contribution >= 4 is 14.0 Å². The highest BCUT2D eigenvalue weighted by molar-refractivity contribution is 7.47. The fraction of sp³-hybridized carbons (Fsp3) is 0.136. The zero-order chi connectivity index (χ0) is 18.0. The van der Waals surface area contributed by atoms with Crippen LogP contribution in [0.1, 0.15) is 27.0 Å². The van der Waals surface area contributed by atoms with E-state index in [1.165, 1.54) is 0 Å². The molecule has 0 aliphatic rings. The third-order valence-corrected chi connectivity index (χ3v) is 5.12. The first-order valence-electron chi connectivity index (χ1n) is 8.18. The molecule has 3 rings (SSSR count). The Kier molecular flexibility index (Phi) is 4.92. The van der Waals surface area contributed by atoms with E-state index in [-0.39, 0.29) is 5.52 Å². The second-order valence-corrected chi connectivity index (χ2v) is 6.72. The lowest BCUT2D eigenvalue weighted by Crippen LogP contribution is -2.05. The Balaban J connectivity index is 2.43. The molecule has 2 nitrogen and oxygen atoms in total. The summed E-state index contributed by atoms with van der Waals surface area (Å²) in [6.07, 6.45) is 0. The third kappa shape index (κ3) is 3.06. The molecule has 0 fully saturated rings. The van der Waals surface area contributed by atoms with Gasteiger partial charge >= 0.3 is 0 Å². The van der Waals surface area contributed by atoms with Crippen molar-refractivity contribution in [1.82, 2.24) is 0 Å². The van der Waals surface area contributed by atoms with Gasteiger partial charge < -0.3 is 0 Å². The van der Waals surface area contributed by atoms with Crippen LogP contribution in [0.5, 0.6) is 0 Å². The summed E-state index contributed by atoms with van der Waals surface area (Å²) in [7, 11) is -0.482. The lowest BCUT2D eigenvalue weighted by Gasteiger charge is -2.21. The monoisotopic (exact) mass is 346 g/mol. The van der Waals surface area contributed by atoms with Crippen LogP contribution in [0.15, 0.2) is 60.7 Å². The van der Waals surface area contributed by atoms with Crippen molar-refractivity contribution < 1.29 is 9.36 Å². The quantitative estimate of drug-likeness (QED) is 0.514. The van der Waals surface area contributed by atoms with Crippen LogP contribution >= 0.6 is 8.46 Å². The minimum atomic E-state index is -0.482. The van der Waals surface area contributed by atoms with Crippen molar-refractivity contribution in [2.45, 2.75) is 20.8 Å². The normalized spacial score (nSPS) is 10.8. The van der Waals surface area contributed by atoms with E-state index in [1.807, 2.05) is 74.5 Å². The maximum atomic E-state index is 12.6. The Hall–Kier alpha value is -2.57. The SMILES string of the molecule is Cc1c(C)c(-c2ccccc2)c(C(=O)P=O)c(C)c1-c1ccccc1. The maximum absolute atomic E-state index is 12.6. The highest BCUT2D eigenvalue weighted by Crippen LogP contribution is 2.40. The third-order valence-electron chi connectivity index (χ3n) is 4.73. The van der Waals surface area contributed by atoms with Gasteiger partial charge in [0.2, 0.25) is 8.46 Å². The van der Waals surface area contributed by atoms with Crippen LogP contribution in [0.2, 0.25) is 0 Å². The second kappa shape index (κ2) is 7.13. The standard InChI is InChI=1S/C22H19O2P/c1-14-15(2)20(18-12-8-5-9-13-18)21(22(23)25-24)16(3)19(14)17-10-6-4-7-11-17/h4-13H,1-3H3. The smallest absolute Gasteiger partial charge is 0.253 e. The Morgan fingerprint density at radius 1 is 0.680 bits per heavy atom. The Morgan fingerprint density at radius 2 is 1.12 bits per heavy atom. The molecule has 124 valence electrons. The molecule has 0 aromatic heterocycles. The number of benzene rings is 3. The van der Waals surface area contributed by atoms with E-state index in [1.54, 1.807) is 0 Å². The molecule has 0 spiro atoms. The predicted octanol–water partition coefficient (Wildman–Crippen LogP) is 6.38. The molecule has 0 bridgehead atoms. The van der Waals surface area contributed by atoms with Crippen LogP contribution in [0.25, 0.3) is 22.3 Å². The van der Waals surface area contributed by atoms with Crippen LogP contribution in [-0.2, 0) is 4.57 Å². The molecule has 25 heavy (non-hydrogen) atoms. The Morgan fingerprint density at radius 3 is 1.60 bits per heavy atom. The molecular weight excluding hydrogens is 327 g/mol. The highest BCUT2D eigenvalue weighted by atomic mass is 31.1. The average Bonchev–Trinajstić information content (AvgIpc) is 2.65. The first-order chi connectivity index (χ1) is 12.1. The molecule has 0 amide bonds. The van der Waals surface area contributed by atoms with Crippen molar-refractivity contribution in [1.29, 1.82) is 0 Å². The predicted molar refractivity (Wildman–Crippen MR) is 103 cm³/mol. The molecule has 3 aromatic carbocycles. The lowest BCUT2D eigenvalue weighted by molar-refractivity contribution is 0.108. The summed E-state index contributed by atoms with van der Waals surface area (Å²) in [5, 5.41) is 0. The molecule has 0 saturated heterocycles. The molecule has 0 saturated carbocycles. The summed E-state index contributed by atoms with van der Waals surface area (Å²) in [6.45, 7) is 6.06. The van der Waals surface area contributed by atoms with Crippen molar-refractivity contribution in [3.05, 3.63) is 82.9 Å². The summed E-state index contributed by atoms with van der Waals surface area (Å²) >= 11 is 0. The van der Waals surface area contributed by atoms with Gasteiger partial charge in [0, 0.05) is 5.56 Å². The molecule has 0 radical (unpaired) electrons. The zero-order valence-electron chi connectivity index (χ0n) is 14.5. The fourth-order valence-corrected chi connectivity index (χ4v) is 3.84. The summed E-state index contributed by atoms with van der Waals surface area (Å²) in [4.78, 5) is 12.6. The highest BCUT2D eigenvalue weighted by Gasteiger charge is 2.23. The average molecular weight is 346 g/mol. The summed E-state index contributed by atoms with van der Waals surface area (Å²) in [6, 6.07) is 19.9. The van der Waals surface area contributed by atoms with Gasteiger partial charge in [-0.1, -0.05) is 60.7 Å². The minimum Gasteiger partial charge on any atom is -0.280 e. The minimum absolute atomic E-state index is 0.378. The van der Waals surface area contributed by atoms with E-state index in [0.717, 1.165) is 38.9 Å². The number of hydrogen-bond acceptors (Lipinski definition) is 2. The lowest BCUT2D eigenvalue weighted by atomic mass is 9.83. The van der Waals surface area contributed by atoms with Crippen molar-refractivity contribution in [3.63, 3.8) is 0 Å². The van der Waals surface area contributed by atoms with Gasteiger partial charge in [0.25, 0.3) is 5.52 Å². The van der Waals surface area contributed by atoms with Crippen molar-refractivity contribution in [2.24, 2.45) is 0 Å². The summed E-state index contributed by atoms with van der Waals surface area (Å²) < 4.78 is 11.4. The van der Waals surface area contributed by atoms with Crippen LogP contribution in [0.3, 0.4) is 0 Å². The van der Waals surface area contributed by atoms with Gasteiger partial charge in [0.15, 0.2) is 0 Å². The number of rotatable bonds is 4. The molecule has 3 heteroatoms. The van der Waals surface area contributed by atoms with Crippen LogP contribution in [0, 0.1) is 20.8 Å². The molecule has 0 atom stereocenters. The molecule has 0 aliphatic heterocycles. The largest absolute Gasteiger partial charge is 0.280 e. The summed E-state index contributed by atoms with van der Waals surface area (Å²) in [5.74, 6) is 0. The maximum Gasteiger partial charge on any atom is 0.253 e. The van der Waals surface area contributed by atoms with Crippen LogP contribution in [-0.4, -0.2) is 5.52 Å². The van der Waals surface area contributed by atoms with Gasteiger partial charge in [0.05, 0.1) is 0 Å². The van der Waals surface area contributed by atoms with Gasteiger partial charge in [-0.05, 0) is 59.7 Å². The van der Waals surface area contributed by atoms with Crippen LogP contribution < -0.4 is 0 Å². The fourth-order valence-electron chi connectivity index (χ4n) is 3.47. The van der Waals surface area contributed by atoms with Crippen molar-refractivity contribution in [2.75, 3.05) is 0 Å². The van der Waals surface area contributed by atoms with Gasteiger partial charge in [-0.15, -0.1) is 0 Å². The van der Waals surface area contributed by atoms with E-state index >= 15 is 0 Å². The van der Waals surface area contributed by atoms with E-state index in [0.29, 0.717) is 5.56 Å². The molecular formula is C22H19O2P. The van der Waals surface area contributed by atoms with Crippen LogP contribution in [0.4, 0.5) is 0 Å². The van der Waals surface area contributed by atoms with E-state index in [4.69, 9.17) is 0 Å². The van der Waals surface area contributed by atoms with E-state index in [2.05, 4.69) is 6.92 Å². The number of carbonyl (C=O) groups is 1. The number of carbonyl (C=O) groups excluding carboxylic acids is 1. The second-order valence-electron chi connectivity index (χ2n) is 6.13. The van der Waals surface area contributed by atoms with Gasteiger partial charge in [-0.2, -0.15) is 0 Å². The van der Waals surface area contributed by atoms with Gasteiger partial charge in [0.1, 0.15) is 0 Å². The molecule has 0 aliphatic carbocycles. The van der Waals surface area contributed by atoms with E-state index < -0.39 is 8.46 Å². The topological polar surface area (TPSA) is 34.1 Å². The molecule has 0 heterocycles. The Labute approximate surface area is 149 Å². The van der Waals surface area contributed by atoms with E-state index in [9.17, 15) is 9.36 Å². The van der Waals surface area contributed by atoms with Gasteiger partial charge in [-0.25, -0.2) is 0 Å². The number of hydrogen-bond donors (Lipinski definition) is 0. The zero-order valence-corrected chi connectivity index (χ0v) is 15.4. The first-order valence-corrected chi connectivity index (χ1v) is 8.99. The summed E-state index contributed by atoms with van der Waals surface area (Å²) in [5.41, 5.74) is 7.19. The Bertz CT molecular complexity index is 945. The molecule has 0 unspecified atom stereocenters. The molecule has 0 N–H and O–H groups in total. The molecule has 3 aromatic rings. The first kappa shape index (κ1) is 17.3. The van der Waals surface area contributed by atoms with Crippen molar-refractivity contribution in [3.8, 4) is 22.3 Å².